The van der Waals surface area contributed by atoms with E-state index in [1.807, 2.05) is 12.1 Å². The van der Waals surface area contributed by atoms with Gasteiger partial charge in [-0.1, -0.05) is 50.2 Å². The van der Waals surface area contributed by atoms with Crippen molar-refractivity contribution >= 4 is 21.4 Å². The number of aryl methyl sites for hydroxylation is 3. The molecule has 2 unspecified atom stereocenters. The zero-order valence-electron chi connectivity index (χ0n) is 37.4. The topological polar surface area (TPSA) is 157 Å². The standard InChI is InChI=1S/C24H30F3NO5S.C22H27F3N2O3/c1-15(2)33-23-18(9-11-22(28-23)24(25,26)27)8-10-20(29)16(3)19-7-6-17(21(14-19)32-4)12-13-34(5,30)31;1-13(2)30-21-15(8-10-20(27-21)22(23,24)25)7-9-18(28)14(3)16-5-6-17(12-26)19(11-16)29-4/h6-7,9,11,14-16H,8,10,12-13H2,1-5H3;5-6,8,10-11,13-14H,7,9,12,26H2,1-4H3. The van der Waals surface area contributed by atoms with Gasteiger partial charge in [0.25, 0.3) is 0 Å². The number of Topliss-reactive ketones (excluding diaryl/α,β-unsaturated/α-hetero) is 2. The molecule has 0 aliphatic rings. The van der Waals surface area contributed by atoms with Crippen molar-refractivity contribution in [3.05, 3.63) is 105 Å². The lowest BCUT2D eigenvalue weighted by atomic mass is 9.92. The van der Waals surface area contributed by atoms with Gasteiger partial charge in [0.1, 0.15) is 44.3 Å². The predicted octanol–water partition coefficient (Wildman–Crippen LogP) is 9.45. The van der Waals surface area contributed by atoms with Crippen molar-refractivity contribution in [2.24, 2.45) is 5.73 Å². The summed E-state index contributed by atoms with van der Waals surface area (Å²) in [6.45, 7) is 10.6. The molecule has 4 aromatic rings. The molecular weight excluding hydrogens is 869 g/mol. The summed E-state index contributed by atoms with van der Waals surface area (Å²) in [4.78, 5) is 32.8. The first kappa shape index (κ1) is 53.1. The van der Waals surface area contributed by atoms with Gasteiger partial charge < -0.3 is 24.7 Å². The smallest absolute Gasteiger partial charge is 0.433 e. The van der Waals surface area contributed by atoms with Crippen molar-refractivity contribution < 1.29 is 63.3 Å². The summed E-state index contributed by atoms with van der Waals surface area (Å²) in [6, 6.07) is 15.1. The monoisotopic (exact) mass is 925 g/mol. The van der Waals surface area contributed by atoms with Crippen LogP contribution in [0, 0.1) is 0 Å². The van der Waals surface area contributed by atoms with Crippen LogP contribution in [0.15, 0.2) is 60.7 Å². The highest BCUT2D eigenvalue weighted by molar-refractivity contribution is 7.90. The van der Waals surface area contributed by atoms with Gasteiger partial charge in [-0.2, -0.15) is 26.3 Å². The van der Waals surface area contributed by atoms with Gasteiger partial charge in [0, 0.05) is 54.2 Å². The minimum atomic E-state index is -4.59. The Bertz CT molecular complexity index is 2320. The van der Waals surface area contributed by atoms with Crippen LogP contribution in [0.2, 0.25) is 0 Å². The molecular formula is C46H57F6N3O8S. The Morgan fingerprint density at radius 1 is 0.609 bits per heavy atom. The molecule has 2 N–H and O–H groups in total. The van der Waals surface area contributed by atoms with Gasteiger partial charge in [-0.05, 0) is 87.9 Å². The minimum absolute atomic E-state index is 0.0147. The minimum Gasteiger partial charge on any atom is -0.496 e. The van der Waals surface area contributed by atoms with Crippen molar-refractivity contribution in [3.63, 3.8) is 0 Å². The van der Waals surface area contributed by atoms with E-state index < -0.39 is 45.4 Å². The molecule has 0 saturated carbocycles. The largest absolute Gasteiger partial charge is 0.496 e. The summed E-state index contributed by atoms with van der Waals surface area (Å²) < 4.78 is 123. The lowest BCUT2D eigenvalue weighted by Gasteiger charge is -2.17. The molecule has 18 heteroatoms. The predicted molar refractivity (Wildman–Crippen MR) is 231 cm³/mol. The summed E-state index contributed by atoms with van der Waals surface area (Å²) in [5, 5.41) is 0. The third kappa shape index (κ3) is 16.1. The zero-order chi connectivity index (χ0) is 48.2. The molecule has 0 amide bonds. The van der Waals surface area contributed by atoms with E-state index in [9.17, 15) is 44.3 Å². The molecule has 0 saturated heterocycles. The summed E-state index contributed by atoms with van der Waals surface area (Å²) in [6.07, 6.45) is -7.78. The second kappa shape index (κ2) is 23.1. The molecule has 0 bridgehead atoms. The number of pyridine rings is 2. The maximum absolute atomic E-state index is 13.0. The van der Waals surface area contributed by atoms with Crippen LogP contribution in [0.25, 0.3) is 0 Å². The number of nitrogens with two attached hydrogens (primary N) is 1. The zero-order valence-corrected chi connectivity index (χ0v) is 38.3. The van der Waals surface area contributed by atoms with Crippen molar-refractivity contribution in [2.75, 3.05) is 26.2 Å². The molecule has 0 aliphatic carbocycles. The molecule has 2 heterocycles. The third-order valence-electron chi connectivity index (χ3n) is 9.99. The molecule has 64 heavy (non-hydrogen) atoms. The Labute approximate surface area is 371 Å². The van der Waals surface area contributed by atoms with Crippen molar-refractivity contribution in [1.82, 2.24) is 9.97 Å². The Balaban J connectivity index is 0.000000343. The van der Waals surface area contributed by atoms with Gasteiger partial charge in [0.05, 0.1) is 32.2 Å². The molecule has 352 valence electrons. The van der Waals surface area contributed by atoms with Gasteiger partial charge in [-0.3, -0.25) is 9.59 Å². The first-order valence-electron chi connectivity index (χ1n) is 20.5. The van der Waals surface area contributed by atoms with Crippen LogP contribution in [0.3, 0.4) is 0 Å². The molecule has 11 nitrogen and oxygen atoms in total. The van der Waals surface area contributed by atoms with E-state index in [1.165, 1.54) is 25.5 Å². The Hall–Kier alpha value is -5.23. The van der Waals surface area contributed by atoms with Gasteiger partial charge >= 0.3 is 12.4 Å². The number of hydrogen-bond donors (Lipinski definition) is 1. The van der Waals surface area contributed by atoms with Gasteiger partial charge in [0.2, 0.25) is 11.8 Å². The van der Waals surface area contributed by atoms with Gasteiger partial charge in [-0.25, -0.2) is 18.4 Å². The number of sulfone groups is 1. The number of benzene rings is 2. The number of methoxy groups -OCH3 is 2. The molecule has 0 radical (unpaired) electrons. The number of nitrogens with zero attached hydrogens (tertiary/aromatic N) is 2. The van der Waals surface area contributed by atoms with Crippen molar-refractivity contribution in [2.45, 2.75) is 117 Å². The van der Waals surface area contributed by atoms with Crippen LogP contribution in [0.1, 0.15) is 111 Å². The highest BCUT2D eigenvalue weighted by atomic mass is 32.2. The number of carbonyl (C=O) groups excluding carboxylic acids is 2. The highest BCUT2D eigenvalue weighted by Gasteiger charge is 2.35. The number of ketones is 2. The first-order valence-corrected chi connectivity index (χ1v) is 22.6. The molecule has 2 aromatic heterocycles. The Morgan fingerprint density at radius 2 is 0.984 bits per heavy atom. The lowest BCUT2D eigenvalue weighted by molar-refractivity contribution is -0.142. The first-order chi connectivity index (χ1) is 29.8. The van der Waals surface area contributed by atoms with Crippen LogP contribution in [-0.4, -0.2) is 68.4 Å². The van der Waals surface area contributed by atoms with E-state index in [1.54, 1.807) is 72.9 Å². The average molecular weight is 926 g/mol. The second-order valence-corrected chi connectivity index (χ2v) is 18.0. The maximum atomic E-state index is 13.0. The number of hydrogen-bond acceptors (Lipinski definition) is 11. The van der Waals surface area contributed by atoms with E-state index >= 15 is 0 Å². The number of ether oxygens (including phenoxy) is 4. The molecule has 2 aromatic carbocycles. The van der Waals surface area contributed by atoms with Crippen LogP contribution in [0.5, 0.6) is 23.3 Å². The fourth-order valence-electron chi connectivity index (χ4n) is 6.34. The number of halogens is 6. The number of alkyl halides is 6. The summed E-state index contributed by atoms with van der Waals surface area (Å²) in [5.41, 5.74) is 7.56. The Morgan fingerprint density at radius 3 is 1.33 bits per heavy atom. The SMILES string of the molecule is COc1cc(C(C)C(=O)CCc2ccc(C(F)(F)F)nc2OC(C)C)ccc1CCS(C)(=O)=O.COc1cc(C(C)C(=O)CCc2ccc(C(F)(F)F)nc2OC(C)C)ccc1CN. The molecule has 0 aliphatic heterocycles. The van der Waals surface area contributed by atoms with Crippen LogP contribution < -0.4 is 24.7 Å². The maximum Gasteiger partial charge on any atom is 0.433 e. The van der Waals surface area contributed by atoms with Crippen LogP contribution in [-0.2, 0) is 57.6 Å². The van der Waals surface area contributed by atoms with Gasteiger partial charge in [-0.15, -0.1) is 0 Å². The lowest BCUT2D eigenvalue weighted by Crippen LogP contribution is -2.15. The Kier molecular flexibility index (Phi) is 19.2. The average Bonchev–Trinajstić information content (AvgIpc) is 3.22. The molecule has 0 spiro atoms. The highest BCUT2D eigenvalue weighted by Crippen LogP contribution is 2.34. The van der Waals surface area contributed by atoms with Crippen LogP contribution >= 0.6 is 0 Å². The molecule has 0 fully saturated rings. The number of carbonyl (C=O) groups is 2. The van der Waals surface area contributed by atoms with E-state index in [2.05, 4.69) is 9.97 Å². The van der Waals surface area contributed by atoms with E-state index in [0.717, 1.165) is 28.8 Å². The van der Waals surface area contributed by atoms with Gasteiger partial charge in [0.15, 0.2) is 0 Å². The third-order valence-corrected chi connectivity index (χ3v) is 10.9. The normalized spacial score (nSPS) is 12.9. The summed E-state index contributed by atoms with van der Waals surface area (Å²) in [5.74, 6) is -0.156. The number of aromatic nitrogens is 2. The molecule has 2 atom stereocenters. The second-order valence-electron chi connectivity index (χ2n) is 15.8. The van der Waals surface area contributed by atoms with E-state index in [0.29, 0.717) is 41.2 Å². The van der Waals surface area contributed by atoms with Crippen LogP contribution in [0.4, 0.5) is 26.3 Å². The van der Waals surface area contributed by atoms with E-state index in [-0.39, 0.29) is 67.0 Å². The van der Waals surface area contributed by atoms with Crippen molar-refractivity contribution in [3.8, 4) is 23.3 Å². The molecule has 4 rings (SSSR count). The van der Waals surface area contributed by atoms with E-state index in [4.69, 9.17) is 24.7 Å². The van der Waals surface area contributed by atoms with Crippen molar-refractivity contribution in [1.29, 1.82) is 0 Å². The fourth-order valence-corrected chi connectivity index (χ4v) is 6.93. The fraction of sp³-hybridized carbons (Fsp3) is 0.478. The summed E-state index contributed by atoms with van der Waals surface area (Å²) >= 11 is 0. The number of rotatable bonds is 20. The summed E-state index contributed by atoms with van der Waals surface area (Å²) in [7, 11) is -0.115. The quantitative estimate of drug-likeness (QED) is 0.0843.